The van der Waals surface area contributed by atoms with Gasteiger partial charge in [0, 0.05) is 6.20 Å². The molecule has 0 bridgehead atoms. The lowest BCUT2D eigenvalue weighted by Gasteiger charge is -2.27. The van der Waals surface area contributed by atoms with Gasteiger partial charge in [-0.05, 0) is 38.1 Å². The molecule has 2 aromatic rings. The van der Waals surface area contributed by atoms with Crippen LogP contribution >= 0.6 is 0 Å². The summed E-state index contributed by atoms with van der Waals surface area (Å²) in [6.45, 7) is 3.81. The predicted molar refractivity (Wildman–Crippen MR) is 75.6 cm³/mol. The van der Waals surface area contributed by atoms with Crippen LogP contribution in [0.1, 0.15) is 25.1 Å². The maximum Gasteiger partial charge on any atom is 0.180 e. The number of pyridine rings is 1. The monoisotopic (exact) mass is 268 g/mol. The van der Waals surface area contributed by atoms with Crippen molar-refractivity contribution in [3.63, 3.8) is 0 Å². The highest BCUT2D eigenvalue weighted by atomic mass is 16.5. The third kappa shape index (κ3) is 2.72. The summed E-state index contributed by atoms with van der Waals surface area (Å²) in [7, 11) is 1.55. The van der Waals surface area contributed by atoms with E-state index in [0.717, 1.165) is 5.69 Å². The highest BCUT2D eigenvalue weighted by molar-refractivity contribution is 5.52. The molecule has 4 nitrogen and oxygen atoms in total. The van der Waals surface area contributed by atoms with Crippen molar-refractivity contribution in [2.45, 2.75) is 19.4 Å². The molecule has 0 atom stereocenters. The Morgan fingerprint density at radius 1 is 1.15 bits per heavy atom. The number of hydrogen-bond donors (Lipinski definition) is 0. The normalized spacial score (nSPS) is 10.7. The summed E-state index contributed by atoms with van der Waals surface area (Å²) in [6.07, 6.45) is 1.72. The number of ether oxygens (including phenoxy) is 2. The molecule has 0 unspecified atom stereocenters. The second-order valence-corrected chi connectivity index (χ2v) is 4.78. The van der Waals surface area contributed by atoms with Crippen LogP contribution in [-0.4, -0.2) is 12.1 Å². The smallest absolute Gasteiger partial charge is 0.180 e. The molecule has 0 N–H and O–H groups in total. The van der Waals surface area contributed by atoms with E-state index in [1.807, 2.05) is 32.0 Å². The maximum absolute atomic E-state index is 9.20. The van der Waals surface area contributed by atoms with Gasteiger partial charge < -0.3 is 9.47 Å². The van der Waals surface area contributed by atoms with Crippen LogP contribution < -0.4 is 9.47 Å². The molecule has 0 amide bonds. The largest absolute Gasteiger partial charge is 0.493 e. The quantitative estimate of drug-likeness (QED) is 0.854. The van der Waals surface area contributed by atoms with Gasteiger partial charge in [-0.25, -0.2) is 0 Å². The lowest BCUT2D eigenvalue weighted by atomic mass is 10.0. The van der Waals surface area contributed by atoms with E-state index in [1.165, 1.54) is 0 Å². The number of nitriles is 1. The zero-order valence-electron chi connectivity index (χ0n) is 11.8. The first kappa shape index (κ1) is 13.9. The molecule has 102 valence electrons. The van der Waals surface area contributed by atoms with Gasteiger partial charge >= 0.3 is 0 Å². The number of rotatable bonds is 4. The summed E-state index contributed by atoms with van der Waals surface area (Å²) in [4.78, 5) is 4.31. The van der Waals surface area contributed by atoms with Crippen molar-refractivity contribution in [1.82, 2.24) is 4.98 Å². The standard InChI is InChI=1S/C16H16N2O2/c1-16(2,14-9-4-5-10-18-14)20-15-12(11-17)7-6-8-13(15)19-3/h4-10H,1-3H3. The zero-order valence-corrected chi connectivity index (χ0v) is 11.8. The third-order valence-corrected chi connectivity index (χ3v) is 2.96. The first-order chi connectivity index (χ1) is 9.58. The van der Waals surface area contributed by atoms with Gasteiger partial charge in [-0.2, -0.15) is 5.26 Å². The van der Waals surface area contributed by atoms with E-state index < -0.39 is 5.60 Å². The molecule has 0 radical (unpaired) electrons. The van der Waals surface area contributed by atoms with Gasteiger partial charge in [0.25, 0.3) is 0 Å². The molecule has 0 spiro atoms. The third-order valence-electron chi connectivity index (χ3n) is 2.96. The molecular weight excluding hydrogens is 252 g/mol. The molecular formula is C16H16N2O2. The maximum atomic E-state index is 9.20. The minimum Gasteiger partial charge on any atom is -0.493 e. The molecule has 0 aliphatic heterocycles. The van der Waals surface area contributed by atoms with Crippen LogP contribution in [0.15, 0.2) is 42.6 Å². The summed E-state index contributed by atoms with van der Waals surface area (Å²) in [6, 6.07) is 13.0. The summed E-state index contributed by atoms with van der Waals surface area (Å²) in [5, 5.41) is 9.20. The average molecular weight is 268 g/mol. The average Bonchev–Trinajstić information content (AvgIpc) is 2.48. The topological polar surface area (TPSA) is 55.1 Å². The molecule has 0 aliphatic rings. The predicted octanol–water partition coefficient (Wildman–Crippen LogP) is 3.28. The van der Waals surface area contributed by atoms with Crippen LogP contribution in [0.25, 0.3) is 0 Å². The number of nitrogens with zero attached hydrogens (tertiary/aromatic N) is 2. The fourth-order valence-electron chi connectivity index (χ4n) is 1.90. The highest BCUT2D eigenvalue weighted by Gasteiger charge is 2.27. The van der Waals surface area contributed by atoms with E-state index in [1.54, 1.807) is 31.5 Å². The van der Waals surface area contributed by atoms with Gasteiger partial charge in [-0.15, -0.1) is 0 Å². The number of methoxy groups -OCH3 is 1. The first-order valence-corrected chi connectivity index (χ1v) is 6.26. The Morgan fingerprint density at radius 3 is 2.55 bits per heavy atom. The van der Waals surface area contributed by atoms with Crippen LogP contribution in [0.4, 0.5) is 0 Å². The van der Waals surface area contributed by atoms with Gasteiger partial charge in [0.2, 0.25) is 0 Å². The molecule has 0 saturated heterocycles. The van der Waals surface area contributed by atoms with Gasteiger partial charge in [-0.3, -0.25) is 4.98 Å². The van der Waals surface area contributed by atoms with Crippen molar-refractivity contribution in [2.75, 3.05) is 7.11 Å². The van der Waals surface area contributed by atoms with E-state index in [2.05, 4.69) is 11.1 Å². The van der Waals surface area contributed by atoms with Gasteiger partial charge in [0.15, 0.2) is 11.5 Å². The number of aromatic nitrogens is 1. The summed E-state index contributed by atoms with van der Waals surface area (Å²) in [5.41, 5.74) is 0.560. The lowest BCUT2D eigenvalue weighted by Crippen LogP contribution is -2.27. The van der Waals surface area contributed by atoms with Crippen LogP contribution in [0.2, 0.25) is 0 Å². The van der Waals surface area contributed by atoms with Crippen molar-refractivity contribution < 1.29 is 9.47 Å². The van der Waals surface area contributed by atoms with Crippen molar-refractivity contribution in [3.8, 4) is 17.6 Å². The molecule has 20 heavy (non-hydrogen) atoms. The highest BCUT2D eigenvalue weighted by Crippen LogP contribution is 2.36. The van der Waals surface area contributed by atoms with Crippen molar-refractivity contribution in [1.29, 1.82) is 5.26 Å². The molecule has 0 saturated carbocycles. The van der Waals surface area contributed by atoms with Crippen molar-refractivity contribution >= 4 is 0 Å². The summed E-state index contributed by atoms with van der Waals surface area (Å²) >= 11 is 0. The van der Waals surface area contributed by atoms with E-state index in [0.29, 0.717) is 17.1 Å². The minimum atomic E-state index is -0.665. The summed E-state index contributed by atoms with van der Waals surface area (Å²) < 4.78 is 11.3. The van der Waals surface area contributed by atoms with Gasteiger partial charge in [-0.1, -0.05) is 12.1 Å². The number of para-hydroxylation sites is 1. The second kappa shape index (κ2) is 5.62. The first-order valence-electron chi connectivity index (χ1n) is 6.26. The molecule has 2 rings (SSSR count). The van der Waals surface area contributed by atoms with Crippen molar-refractivity contribution in [3.05, 3.63) is 53.9 Å². The van der Waals surface area contributed by atoms with Crippen LogP contribution in [0, 0.1) is 11.3 Å². The van der Waals surface area contributed by atoms with Crippen LogP contribution in [0.5, 0.6) is 11.5 Å². The Bertz CT molecular complexity index is 631. The van der Waals surface area contributed by atoms with Crippen molar-refractivity contribution in [2.24, 2.45) is 0 Å². The fourth-order valence-corrected chi connectivity index (χ4v) is 1.90. The second-order valence-electron chi connectivity index (χ2n) is 4.78. The minimum absolute atomic E-state index is 0.438. The lowest BCUT2D eigenvalue weighted by molar-refractivity contribution is 0.0988. The fraction of sp³-hybridized carbons (Fsp3) is 0.250. The molecule has 1 heterocycles. The Hall–Kier alpha value is -2.54. The molecule has 0 aliphatic carbocycles. The molecule has 1 aromatic carbocycles. The molecule has 1 aromatic heterocycles. The van der Waals surface area contributed by atoms with Gasteiger partial charge in [0.05, 0.1) is 18.4 Å². The Labute approximate surface area is 118 Å². The van der Waals surface area contributed by atoms with E-state index >= 15 is 0 Å². The Balaban J connectivity index is 2.42. The van der Waals surface area contributed by atoms with E-state index in [9.17, 15) is 5.26 Å². The van der Waals surface area contributed by atoms with E-state index in [4.69, 9.17) is 9.47 Å². The number of hydrogen-bond acceptors (Lipinski definition) is 4. The Kier molecular flexibility index (Phi) is 3.90. The number of benzene rings is 1. The molecule has 4 heteroatoms. The van der Waals surface area contributed by atoms with Gasteiger partial charge in [0.1, 0.15) is 11.7 Å². The summed E-state index contributed by atoms with van der Waals surface area (Å²) in [5.74, 6) is 0.973. The SMILES string of the molecule is COc1cccc(C#N)c1OC(C)(C)c1ccccn1. The van der Waals surface area contributed by atoms with E-state index in [-0.39, 0.29) is 0 Å². The Morgan fingerprint density at radius 2 is 1.95 bits per heavy atom. The van der Waals surface area contributed by atoms with Crippen LogP contribution in [0.3, 0.4) is 0 Å². The molecule has 0 fully saturated rings. The van der Waals surface area contributed by atoms with Crippen LogP contribution in [-0.2, 0) is 5.60 Å². The zero-order chi connectivity index (χ0) is 14.6.